The molecule has 0 amide bonds. The van der Waals surface area contributed by atoms with E-state index in [2.05, 4.69) is 4.98 Å². The number of nitrogens with zero attached hydrogens (tertiary/aromatic N) is 2. The van der Waals surface area contributed by atoms with Crippen molar-refractivity contribution in [2.75, 3.05) is 11.4 Å². The molecule has 5 nitrogen and oxygen atoms in total. The number of anilines is 1. The van der Waals surface area contributed by atoms with Crippen LogP contribution in [0.5, 0.6) is 0 Å². The fourth-order valence-corrected chi connectivity index (χ4v) is 3.23. The molecule has 0 aliphatic carbocycles. The Morgan fingerprint density at radius 3 is 2.45 bits per heavy atom. The molecule has 2 aromatic rings. The van der Waals surface area contributed by atoms with Gasteiger partial charge in [-0.25, -0.2) is 8.42 Å². The molecule has 2 rings (SSSR count). The zero-order chi connectivity index (χ0) is 14.8. The van der Waals surface area contributed by atoms with Gasteiger partial charge in [-0.05, 0) is 31.2 Å². The summed E-state index contributed by atoms with van der Waals surface area (Å²) >= 11 is 0. The molecule has 0 aliphatic heterocycles. The number of aromatic nitrogens is 1. The minimum Gasteiger partial charge on any atom is -0.325 e. The fourth-order valence-electron chi connectivity index (χ4n) is 1.85. The number of rotatable bonds is 4. The number of nitrogens with two attached hydrogens (primary N) is 1. The Hall–Kier alpha value is -1.92. The van der Waals surface area contributed by atoms with Crippen LogP contribution in [0.4, 0.5) is 5.69 Å². The zero-order valence-corrected chi connectivity index (χ0v) is 12.3. The SMILES string of the molecule is Cc1ccc(N(C)S(=O)(=O)c2cccnc2CN)cc1. The van der Waals surface area contributed by atoms with E-state index < -0.39 is 10.0 Å². The van der Waals surface area contributed by atoms with Crippen molar-refractivity contribution in [3.05, 3.63) is 53.9 Å². The van der Waals surface area contributed by atoms with E-state index >= 15 is 0 Å². The Morgan fingerprint density at radius 2 is 1.85 bits per heavy atom. The van der Waals surface area contributed by atoms with Gasteiger partial charge in [0, 0.05) is 19.8 Å². The molecule has 6 heteroatoms. The molecule has 1 aromatic heterocycles. The molecule has 1 heterocycles. The van der Waals surface area contributed by atoms with Crippen molar-refractivity contribution in [2.45, 2.75) is 18.4 Å². The molecule has 1 aromatic carbocycles. The minimum absolute atomic E-state index is 0.0805. The van der Waals surface area contributed by atoms with Crippen molar-refractivity contribution in [2.24, 2.45) is 5.73 Å². The highest BCUT2D eigenvalue weighted by Gasteiger charge is 2.24. The summed E-state index contributed by atoms with van der Waals surface area (Å²) in [5, 5.41) is 0. The first kappa shape index (κ1) is 14.5. The van der Waals surface area contributed by atoms with Gasteiger partial charge in [0.05, 0.1) is 11.4 Å². The number of hydrogen-bond acceptors (Lipinski definition) is 4. The second kappa shape index (κ2) is 5.60. The molecule has 0 saturated carbocycles. The number of aryl methyl sites for hydroxylation is 1. The summed E-state index contributed by atoms with van der Waals surface area (Å²) in [5.74, 6) is 0. The van der Waals surface area contributed by atoms with Crippen LogP contribution in [0.2, 0.25) is 0 Å². The van der Waals surface area contributed by atoms with E-state index in [1.165, 1.54) is 23.6 Å². The third kappa shape index (κ3) is 2.66. The van der Waals surface area contributed by atoms with Crippen LogP contribution >= 0.6 is 0 Å². The molecule has 20 heavy (non-hydrogen) atoms. The second-order valence-corrected chi connectivity index (χ2v) is 6.40. The summed E-state index contributed by atoms with van der Waals surface area (Å²) in [6, 6.07) is 10.4. The molecular formula is C14H17N3O2S. The molecule has 0 saturated heterocycles. The Morgan fingerprint density at radius 1 is 1.20 bits per heavy atom. The van der Waals surface area contributed by atoms with Crippen molar-refractivity contribution in [1.29, 1.82) is 0 Å². The van der Waals surface area contributed by atoms with Crippen LogP contribution in [0, 0.1) is 6.92 Å². The highest BCUT2D eigenvalue weighted by molar-refractivity contribution is 7.92. The Balaban J connectivity index is 2.46. The molecule has 2 N–H and O–H groups in total. The van der Waals surface area contributed by atoms with E-state index in [1.807, 2.05) is 19.1 Å². The van der Waals surface area contributed by atoms with Gasteiger partial charge in [0.25, 0.3) is 10.0 Å². The van der Waals surface area contributed by atoms with Gasteiger partial charge in [-0.15, -0.1) is 0 Å². The third-order valence-electron chi connectivity index (χ3n) is 3.08. The maximum Gasteiger partial charge on any atom is 0.265 e. The molecule has 0 radical (unpaired) electrons. The smallest absolute Gasteiger partial charge is 0.265 e. The number of sulfonamides is 1. The maximum absolute atomic E-state index is 12.6. The van der Waals surface area contributed by atoms with Gasteiger partial charge < -0.3 is 5.73 Å². The van der Waals surface area contributed by atoms with Gasteiger partial charge in [0.1, 0.15) is 4.90 Å². The van der Waals surface area contributed by atoms with Crippen LogP contribution in [0.1, 0.15) is 11.3 Å². The Bertz CT molecular complexity index is 697. The first-order valence-corrected chi connectivity index (χ1v) is 7.60. The normalized spacial score (nSPS) is 11.3. The van der Waals surface area contributed by atoms with Crippen LogP contribution < -0.4 is 10.0 Å². The molecule has 0 spiro atoms. The molecule has 0 bridgehead atoms. The quantitative estimate of drug-likeness (QED) is 0.929. The maximum atomic E-state index is 12.6. The Kier molecular flexibility index (Phi) is 4.06. The van der Waals surface area contributed by atoms with Crippen molar-refractivity contribution in [3.63, 3.8) is 0 Å². The van der Waals surface area contributed by atoms with E-state index in [1.54, 1.807) is 18.2 Å². The van der Waals surface area contributed by atoms with E-state index in [9.17, 15) is 8.42 Å². The molecule has 106 valence electrons. The second-order valence-electron chi connectivity index (χ2n) is 4.46. The predicted molar refractivity (Wildman–Crippen MR) is 78.9 cm³/mol. The molecule has 0 unspecified atom stereocenters. The van der Waals surface area contributed by atoms with Gasteiger partial charge >= 0.3 is 0 Å². The lowest BCUT2D eigenvalue weighted by molar-refractivity contribution is 0.592. The lowest BCUT2D eigenvalue weighted by Crippen LogP contribution is -2.28. The monoisotopic (exact) mass is 291 g/mol. The summed E-state index contributed by atoms with van der Waals surface area (Å²) in [6.45, 7) is 2.03. The summed E-state index contributed by atoms with van der Waals surface area (Å²) < 4.78 is 26.5. The van der Waals surface area contributed by atoms with Gasteiger partial charge in [0.15, 0.2) is 0 Å². The first-order chi connectivity index (χ1) is 9.46. The highest BCUT2D eigenvalue weighted by Crippen LogP contribution is 2.23. The summed E-state index contributed by atoms with van der Waals surface area (Å²) in [4.78, 5) is 4.17. The molecular weight excluding hydrogens is 274 g/mol. The number of hydrogen-bond donors (Lipinski definition) is 1. The largest absolute Gasteiger partial charge is 0.325 e. The van der Waals surface area contributed by atoms with Crippen LogP contribution in [0.15, 0.2) is 47.5 Å². The van der Waals surface area contributed by atoms with E-state index in [-0.39, 0.29) is 11.4 Å². The van der Waals surface area contributed by atoms with Crippen LogP contribution in [-0.2, 0) is 16.6 Å². The van der Waals surface area contributed by atoms with Crippen molar-refractivity contribution >= 4 is 15.7 Å². The van der Waals surface area contributed by atoms with Gasteiger partial charge in [0.2, 0.25) is 0 Å². The number of benzene rings is 1. The van der Waals surface area contributed by atoms with E-state index in [4.69, 9.17) is 5.73 Å². The summed E-state index contributed by atoms with van der Waals surface area (Å²) in [6.07, 6.45) is 1.53. The zero-order valence-electron chi connectivity index (χ0n) is 11.4. The Labute approximate surface area is 119 Å². The predicted octanol–water partition coefficient (Wildman–Crippen LogP) is 1.67. The molecule has 0 fully saturated rings. The topological polar surface area (TPSA) is 76.3 Å². The average Bonchev–Trinajstić information content (AvgIpc) is 2.47. The minimum atomic E-state index is -3.66. The van der Waals surface area contributed by atoms with Crippen molar-refractivity contribution in [3.8, 4) is 0 Å². The van der Waals surface area contributed by atoms with Crippen LogP contribution in [0.3, 0.4) is 0 Å². The summed E-state index contributed by atoms with van der Waals surface area (Å²) in [5.41, 5.74) is 7.60. The lowest BCUT2D eigenvalue weighted by atomic mass is 10.2. The lowest BCUT2D eigenvalue weighted by Gasteiger charge is -2.20. The van der Waals surface area contributed by atoms with E-state index in [0.29, 0.717) is 11.4 Å². The standard InChI is InChI=1S/C14H17N3O2S/c1-11-5-7-12(8-6-11)17(2)20(18,19)14-4-3-9-16-13(14)10-15/h3-9H,10,15H2,1-2H3. The van der Waals surface area contributed by atoms with Gasteiger partial charge in [-0.2, -0.15) is 0 Å². The highest BCUT2D eigenvalue weighted by atomic mass is 32.2. The molecule has 0 atom stereocenters. The van der Waals surface area contributed by atoms with Gasteiger partial charge in [-0.1, -0.05) is 17.7 Å². The van der Waals surface area contributed by atoms with Crippen LogP contribution in [-0.4, -0.2) is 20.4 Å². The fraction of sp³-hybridized carbons (Fsp3) is 0.214. The first-order valence-electron chi connectivity index (χ1n) is 6.16. The summed E-state index contributed by atoms with van der Waals surface area (Å²) in [7, 11) is -2.14. The third-order valence-corrected chi connectivity index (χ3v) is 4.94. The average molecular weight is 291 g/mol. The van der Waals surface area contributed by atoms with Gasteiger partial charge in [-0.3, -0.25) is 9.29 Å². The van der Waals surface area contributed by atoms with Crippen molar-refractivity contribution in [1.82, 2.24) is 4.98 Å². The van der Waals surface area contributed by atoms with Crippen LogP contribution in [0.25, 0.3) is 0 Å². The van der Waals surface area contributed by atoms with Crippen molar-refractivity contribution < 1.29 is 8.42 Å². The molecule has 0 aliphatic rings. The number of pyridine rings is 1. The van der Waals surface area contributed by atoms with E-state index in [0.717, 1.165) is 5.56 Å².